The summed E-state index contributed by atoms with van der Waals surface area (Å²) < 4.78 is 2.73. The number of aryl methyl sites for hydroxylation is 1. The number of halogens is 1. The third-order valence-corrected chi connectivity index (χ3v) is 6.95. The van der Waals surface area contributed by atoms with Crippen LogP contribution in [0.1, 0.15) is 50.8 Å². The van der Waals surface area contributed by atoms with E-state index in [0.717, 1.165) is 33.8 Å². The fourth-order valence-corrected chi connectivity index (χ4v) is 5.51. The van der Waals surface area contributed by atoms with Crippen molar-refractivity contribution in [3.05, 3.63) is 16.4 Å². The molecule has 4 bridgehead atoms. The summed E-state index contributed by atoms with van der Waals surface area (Å²) in [5.41, 5.74) is 0.925. The van der Waals surface area contributed by atoms with E-state index in [1.807, 2.05) is 20.0 Å². The summed E-state index contributed by atoms with van der Waals surface area (Å²) in [6.07, 6.45) is 8.68. The smallest absolute Gasteiger partial charge is 0.244 e. The van der Waals surface area contributed by atoms with Crippen LogP contribution in [0.4, 0.5) is 0 Å². The number of rotatable bonds is 3. The van der Waals surface area contributed by atoms with E-state index >= 15 is 0 Å². The van der Waals surface area contributed by atoms with Gasteiger partial charge in [-0.1, -0.05) is 0 Å². The van der Waals surface area contributed by atoms with Gasteiger partial charge in [-0.3, -0.25) is 9.48 Å². The van der Waals surface area contributed by atoms with Crippen molar-refractivity contribution in [3.8, 4) is 0 Å². The van der Waals surface area contributed by atoms with Gasteiger partial charge in [-0.05, 0) is 85.6 Å². The van der Waals surface area contributed by atoms with Crippen LogP contribution >= 0.6 is 15.9 Å². The minimum absolute atomic E-state index is 0.118. The van der Waals surface area contributed by atoms with Gasteiger partial charge in [-0.2, -0.15) is 5.10 Å². The largest absolute Gasteiger partial charge is 0.351 e. The van der Waals surface area contributed by atoms with Crippen LogP contribution in [-0.2, 0) is 4.79 Å². The summed E-state index contributed by atoms with van der Waals surface area (Å²) in [6, 6.07) is 0.157. The Kier molecular flexibility index (Phi) is 3.59. The van der Waals surface area contributed by atoms with Crippen molar-refractivity contribution in [2.24, 2.45) is 23.7 Å². The first-order chi connectivity index (χ1) is 10.5. The van der Waals surface area contributed by atoms with Crippen LogP contribution in [0.15, 0.2) is 10.7 Å². The molecule has 0 saturated heterocycles. The molecule has 1 unspecified atom stereocenters. The molecule has 1 amide bonds. The summed E-state index contributed by atoms with van der Waals surface area (Å²) in [5, 5.41) is 7.80. The maximum absolute atomic E-state index is 12.7. The molecule has 4 fully saturated rings. The van der Waals surface area contributed by atoms with Gasteiger partial charge >= 0.3 is 0 Å². The fourth-order valence-electron chi connectivity index (χ4n) is 5.22. The number of carbonyl (C=O) groups excluding carboxylic acids is 1. The lowest BCUT2D eigenvalue weighted by atomic mass is 9.54. The SMILES string of the molecule is Cc1nn(C(C)C(=O)NC2C3CC4CC(C3)CC2C4)cc1Br. The quantitative estimate of drug-likeness (QED) is 0.891. The summed E-state index contributed by atoms with van der Waals surface area (Å²) in [6.45, 7) is 3.88. The van der Waals surface area contributed by atoms with E-state index in [1.54, 1.807) is 4.68 Å². The third kappa shape index (κ3) is 2.41. The maximum atomic E-state index is 12.7. The minimum atomic E-state index is -0.248. The first-order valence-corrected chi connectivity index (χ1v) is 9.32. The molecule has 5 heteroatoms. The highest BCUT2D eigenvalue weighted by Gasteiger charge is 2.48. The van der Waals surface area contributed by atoms with Crippen LogP contribution in [0.5, 0.6) is 0 Å². The zero-order valence-electron chi connectivity index (χ0n) is 13.3. The van der Waals surface area contributed by atoms with Crippen LogP contribution < -0.4 is 5.32 Å². The molecule has 4 aliphatic rings. The average molecular weight is 366 g/mol. The zero-order valence-corrected chi connectivity index (χ0v) is 14.8. The maximum Gasteiger partial charge on any atom is 0.244 e. The van der Waals surface area contributed by atoms with Gasteiger partial charge in [0.2, 0.25) is 5.91 Å². The van der Waals surface area contributed by atoms with Gasteiger partial charge in [-0.15, -0.1) is 0 Å². The van der Waals surface area contributed by atoms with Gasteiger partial charge in [0.15, 0.2) is 0 Å². The molecule has 4 aliphatic carbocycles. The number of nitrogens with zero attached hydrogens (tertiary/aromatic N) is 2. The molecular formula is C17H24BrN3O. The Balaban J connectivity index is 1.45. The Morgan fingerprint density at radius 3 is 2.36 bits per heavy atom. The third-order valence-electron chi connectivity index (χ3n) is 6.17. The van der Waals surface area contributed by atoms with E-state index in [1.165, 1.54) is 32.1 Å². The topological polar surface area (TPSA) is 46.9 Å². The number of hydrogen-bond donors (Lipinski definition) is 1. The number of nitrogens with one attached hydrogen (secondary N) is 1. The van der Waals surface area contributed by atoms with Crippen molar-refractivity contribution < 1.29 is 4.79 Å². The first kappa shape index (κ1) is 14.7. The fraction of sp³-hybridized carbons (Fsp3) is 0.765. The predicted octanol–water partition coefficient (Wildman–Crippen LogP) is 3.46. The second-order valence-electron chi connectivity index (χ2n) is 7.68. The van der Waals surface area contributed by atoms with Gasteiger partial charge in [-0.25, -0.2) is 0 Å². The molecule has 4 nitrogen and oxygen atoms in total. The molecule has 1 heterocycles. The molecule has 1 aromatic rings. The van der Waals surface area contributed by atoms with Crippen LogP contribution in [0.2, 0.25) is 0 Å². The highest BCUT2D eigenvalue weighted by molar-refractivity contribution is 9.10. The van der Waals surface area contributed by atoms with E-state index < -0.39 is 0 Å². The normalized spacial score (nSPS) is 37.3. The summed E-state index contributed by atoms with van der Waals surface area (Å²) in [5.74, 6) is 3.44. The molecule has 120 valence electrons. The Morgan fingerprint density at radius 2 is 1.86 bits per heavy atom. The van der Waals surface area contributed by atoms with Crippen LogP contribution in [0.3, 0.4) is 0 Å². The van der Waals surface area contributed by atoms with Crippen LogP contribution in [-0.4, -0.2) is 21.7 Å². The Bertz CT molecular complexity index is 549. The van der Waals surface area contributed by atoms with Crippen molar-refractivity contribution in [1.82, 2.24) is 15.1 Å². The molecule has 22 heavy (non-hydrogen) atoms. The lowest BCUT2D eigenvalue weighted by Gasteiger charge is -2.54. The number of hydrogen-bond acceptors (Lipinski definition) is 2. The molecule has 1 atom stereocenters. The van der Waals surface area contributed by atoms with Gasteiger partial charge in [0.1, 0.15) is 6.04 Å². The monoisotopic (exact) mass is 365 g/mol. The Labute approximate surface area is 140 Å². The van der Waals surface area contributed by atoms with Gasteiger partial charge in [0, 0.05) is 12.2 Å². The van der Waals surface area contributed by atoms with Crippen molar-refractivity contribution in [2.75, 3.05) is 0 Å². The van der Waals surface area contributed by atoms with E-state index in [2.05, 4.69) is 26.3 Å². The second kappa shape index (κ2) is 5.36. The van der Waals surface area contributed by atoms with Crippen LogP contribution in [0.25, 0.3) is 0 Å². The molecule has 0 aliphatic heterocycles. The van der Waals surface area contributed by atoms with Crippen molar-refractivity contribution in [2.45, 2.75) is 58.0 Å². The highest BCUT2D eigenvalue weighted by atomic mass is 79.9. The van der Waals surface area contributed by atoms with E-state index in [4.69, 9.17) is 0 Å². The number of aromatic nitrogens is 2. The zero-order chi connectivity index (χ0) is 15.4. The standard InChI is InChI=1S/C17H24BrN3O/c1-9-15(18)8-21(20-9)10(2)17(22)19-16-13-4-11-3-12(6-13)7-14(16)5-11/h8,10-14,16H,3-7H2,1-2H3,(H,19,22). The second-order valence-corrected chi connectivity index (χ2v) is 8.54. The number of amides is 1. The molecule has 5 rings (SSSR count). The van der Waals surface area contributed by atoms with E-state index in [0.29, 0.717) is 6.04 Å². The minimum Gasteiger partial charge on any atom is -0.351 e. The van der Waals surface area contributed by atoms with E-state index in [-0.39, 0.29) is 11.9 Å². The Morgan fingerprint density at radius 1 is 1.27 bits per heavy atom. The molecule has 0 radical (unpaired) electrons. The molecular weight excluding hydrogens is 342 g/mol. The molecule has 1 N–H and O–H groups in total. The van der Waals surface area contributed by atoms with Crippen LogP contribution in [0, 0.1) is 30.6 Å². The summed E-state index contributed by atoms with van der Waals surface area (Å²) in [7, 11) is 0. The summed E-state index contributed by atoms with van der Waals surface area (Å²) in [4.78, 5) is 12.7. The van der Waals surface area contributed by atoms with E-state index in [9.17, 15) is 4.79 Å². The number of carbonyl (C=O) groups is 1. The average Bonchev–Trinajstić information content (AvgIpc) is 2.80. The molecule has 0 aromatic carbocycles. The van der Waals surface area contributed by atoms with Gasteiger partial charge in [0.25, 0.3) is 0 Å². The summed E-state index contributed by atoms with van der Waals surface area (Å²) >= 11 is 3.47. The Hall–Kier alpha value is -0.840. The van der Waals surface area contributed by atoms with Crippen molar-refractivity contribution in [1.29, 1.82) is 0 Å². The lowest BCUT2D eigenvalue weighted by molar-refractivity contribution is -0.128. The lowest BCUT2D eigenvalue weighted by Crippen LogP contribution is -2.56. The van der Waals surface area contributed by atoms with Crippen molar-refractivity contribution >= 4 is 21.8 Å². The molecule has 1 aromatic heterocycles. The first-order valence-electron chi connectivity index (χ1n) is 8.53. The van der Waals surface area contributed by atoms with Gasteiger partial charge in [0.05, 0.1) is 10.2 Å². The predicted molar refractivity (Wildman–Crippen MR) is 88.4 cm³/mol. The van der Waals surface area contributed by atoms with Gasteiger partial charge < -0.3 is 5.32 Å². The highest BCUT2D eigenvalue weighted by Crippen LogP contribution is 2.53. The van der Waals surface area contributed by atoms with Crippen molar-refractivity contribution in [3.63, 3.8) is 0 Å². The molecule has 4 saturated carbocycles. The molecule has 0 spiro atoms.